The van der Waals surface area contributed by atoms with Crippen LogP contribution < -0.4 is 16.0 Å². The first-order chi connectivity index (χ1) is 11.5. The summed E-state index contributed by atoms with van der Waals surface area (Å²) in [7, 11) is 4.00. The van der Waals surface area contributed by atoms with Crippen molar-refractivity contribution in [3.63, 3.8) is 0 Å². The molecule has 0 saturated heterocycles. The fourth-order valence-corrected chi connectivity index (χ4v) is 3.27. The third-order valence-corrected chi connectivity index (χ3v) is 4.72. The lowest BCUT2D eigenvalue weighted by atomic mass is 10.1. The van der Waals surface area contributed by atoms with Crippen LogP contribution in [0.25, 0.3) is 0 Å². The van der Waals surface area contributed by atoms with Gasteiger partial charge in [-0.2, -0.15) is 0 Å². The van der Waals surface area contributed by atoms with Gasteiger partial charge in [0.25, 0.3) is 0 Å². The molecule has 0 aliphatic carbocycles. The largest absolute Gasteiger partial charge is 0.383 e. The molecule has 1 heterocycles. The topological polar surface area (TPSA) is 74.4 Å². The van der Waals surface area contributed by atoms with E-state index >= 15 is 0 Å². The van der Waals surface area contributed by atoms with E-state index in [-0.39, 0.29) is 0 Å². The monoisotopic (exact) mass is 340 g/mol. The molecule has 4 N–H and O–H groups in total. The van der Waals surface area contributed by atoms with E-state index in [1.165, 1.54) is 11.3 Å². The average Bonchev–Trinajstić information content (AvgIpc) is 2.95. The number of nitrogens with one attached hydrogen (secondary N) is 1. The summed E-state index contributed by atoms with van der Waals surface area (Å²) in [5.41, 5.74) is 8.84. The fourth-order valence-electron chi connectivity index (χ4n) is 2.35. The molecule has 124 valence electrons. The second-order valence-electron chi connectivity index (χ2n) is 5.65. The van der Waals surface area contributed by atoms with Crippen molar-refractivity contribution in [2.45, 2.75) is 6.10 Å². The third kappa shape index (κ3) is 3.50. The van der Waals surface area contributed by atoms with Gasteiger partial charge in [-0.05, 0) is 29.8 Å². The van der Waals surface area contributed by atoms with Crippen molar-refractivity contribution in [2.75, 3.05) is 30.0 Å². The van der Waals surface area contributed by atoms with Gasteiger partial charge >= 0.3 is 0 Å². The number of nitrogens with two attached hydrogens (primary N) is 1. The number of rotatable bonds is 5. The highest BCUT2D eigenvalue weighted by Gasteiger charge is 2.18. The zero-order valence-corrected chi connectivity index (χ0v) is 14.4. The van der Waals surface area contributed by atoms with Gasteiger partial charge in [-0.3, -0.25) is 0 Å². The van der Waals surface area contributed by atoms with Gasteiger partial charge in [0, 0.05) is 25.5 Å². The summed E-state index contributed by atoms with van der Waals surface area (Å²) in [4.78, 5) is 7.01. The molecule has 2 aromatic carbocycles. The van der Waals surface area contributed by atoms with E-state index in [0.29, 0.717) is 15.8 Å². The molecule has 3 rings (SSSR count). The van der Waals surface area contributed by atoms with E-state index in [1.54, 1.807) is 0 Å². The molecule has 0 bridgehead atoms. The molecule has 0 spiro atoms. The Balaban J connectivity index is 1.79. The lowest BCUT2D eigenvalue weighted by Gasteiger charge is -2.12. The summed E-state index contributed by atoms with van der Waals surface area (Å²) in [5.74, 6) is 0.351. The summed E-state index contributed by atoms with van der Waals surface area (Å²) < 4.78 is 0. The standard InChI is InChI=1S/C18H20N4OS/c1-22(2)14-10-8-13(9-11-14)20-18-21-17(19)16(24-18)15(23)12-6-4-3-5-7-12/h3-11,15,23H,19H2,1-2H3,(H,20,21). The van der Waals surface area contributed by atoms with E-state index in [4.69, 9.17) is 5.73 Å². The third-order valence-electron chi connectivity index (χ3n) is 3.68. The van der Waals surface area contributed by atoms with Crippen LogP contribution in [-0.4, -0.2) is 24.2 Å². The highest BCUT2D eigenvalue weighted by molar-refractivity contribution is 7.16. The maximum atomic E-state index is 10.5. The zero-order valence-electron chi connectivity index (χ0n) is 13.6. The SMILES string of the molecule is CN(C)c1ccc(Nc2nc(N)c(C(O)c3ccccc3)s2)cc1. The minimum absolute atomic E-state index is 0.351. The molecule has 3 aromatic rings. The van der Waals surface area contributed by atoms with Gasteiger partial charge in [0.2, 0.25) is 0 Å². The lowest BCUT2D eigenvalue weighted by molar-refractivity contribution is 0.224. The molecule has 0 saturated carbocycles. The lowest BCUT2D eigenvalue weighted by Crippen LogP contribution is -2.08. The van der Waals surface area contributed by atoms with E-state index < -0.39 is 6.10 Å². The molecule has 24 heavy (non-hydrogen) atoms. The van der Waals surface area contributed by atoms with E-state index in [1.807, 2.05) is 73.6 Å². The van der Waals surface area contributed by atoms with Crippen molar-refractivity contribution in [2.24, 2.45) is 0 Å². The van der Waals surface area contributed by atoms with Crippen molar-refractivity contribution in [3.05, 3.63) is 65.0 Å². The Morgan fingerprint density at radius 1 is 1.08 bits per heavy atom. The van der Waals surface area contributed by atoms with Crippen LogP contribution in [0.15, 0.2) is 54.6 Å². The molecule has 0 aliphatic rings. The van der Waals surface area contributed by atoms with Crippen molar-refractivity contribution in [1.29, 1.82) is 0 Å². The summed E-state index contributed by atoms with van der Waals surface area (Å²) in [5, 5.41) is 14.4. The van der Waals surface area contributed by atoms with E-state index in [0.717, 1.165) is 16.9 Å². The maximum Gasteiger partial charge on any atom is 0.189 e. The first kappa shape index (κ1) is 16.3. The van der Waals surface area contributed by atoms with Crippen LogP contribution in [-0.2, 0) is 0 Å². The number of anilines is 4. The number of nitrogens with zero attached hydrogens (tertiary/aromatic N) is 2. The molecule has 1 unspecified atom stereocenters. The predicted molar refractivity (Wildman–Crippen MR) is 101 cm³/mol. The number of hydrogen-bond donors (Lipinski definition) is 3. The van der Waals surface area contributed by atoms with Gasteiger partial charge in [0.1, 0.15) is 11.9 Å². The number of hydrogen-bond acceptors (Lipinski definition) is 6. The minimum Gasteiger partial charge on any atom is -0.383 e. The number of aliphatic hydroxyl groups excluding tert-OH is 1. The van der Waals surface area contributed by atoms with E-state index in [2.05, 4.69) is 10.3 Å². The van der Waals surface area contributed by atoms with Gasteiger partial charge in [0.15, 0.2) is 5.13 Å². The van der Waals surface area contributed by atoms with Gasteiger partial charge in [0.05, 0.1) is 4.88 Å². The maximum absolute atomic E-state index is 10.5. The van der Waals surface area contributed by atoms with Gasteiger partial charge in [-0.1, -0.05) is 41.7 Å². The van der Waals surface area contributed by atoms with Crippen molar-refractivity contribution in [1.82, 2.24) is 4.98 Å². The Kier molecular flexibility index (Phi) is 4.69. The van der Waals surface area contributed by atoms with Crippen LogP contribution in [0.3, 0.4) is 0 Å². The first-order valence-corrected chi connectivity index (χ1v) is 8.40. The highest BCUT2D eigenvalue weighted by Crippen LogP contribution is 2.35. The Hall–Kier alpha value is -2.57. The molecule has 0 fully saturated rings. The number of nitrogen functional groups attached to an aromatic ring is 1. The van der Waals surface area contributed by atoms with Crippen molar-refractivity contribution >= 4 is 33.7 Å². The van der Waals surface area contributed by atoms with Crippen LogP contribution in [0, 0.1) is 0 Å². The normalized spacial score (nSPS) is 12.0. The Bertz CT molecular complexity index is 800. The summed E-state index contributed by atoms with van der Waals surface area (Å²) in [6.45, 7) is 0. The van der Waals surface area contributed by atoms with Crippen molar-refractivity contribution < 1.29 is 5.11 Å². The Morgan fingerprint density at radius 3 is 2.38 bits per heavy atom. The molecule has 0 aliphatic heterocycles. The van der Waals surface area contributed by atoms with Crippen LogP contribution in [0.4, 0.5) is 22.3 Å². The van der Waals surface area contributed by atoms with Gasteiger partial charge in [-0.15, -0.1) is 0 Å². The zero-order chi connectivity index (χ0) is 17.1. The summed E-state index contributed by atoms with van der Waals surface area (Å²) >= 11 is 1.36. The molecule has 0 amide bonds. The van der Waals surface area contributed by atoms with E-state index in [9.17, 15) is 5.11 Å². The molecule has 1 atom stereocenters. The highest BCUT2D eigenvalue weighted by atomic mass is 32.1. The molecular weight excluding hydrogens is 320 g/mol. The summed E-state index contributed by atoms with van der Waals surface area (Å²) in [6.07, 6.45) is -0.768. The average molecular weight is 340 g/mol. The molecule has 0 radical (unpaired) electrons. The first-order valence-electron chi connectivity index (χ1n) is 7.58. The van der Waals surface area contributed by atoms with Crippen LogP contribution >= 0.6 is 11.3 Å². The van der Waals surface area contributed by atoms with Gasteiger partial charge in [-0.25, -0.2) is 4.98 Å². The number of aromatic nitrogens is 1. The number of benzene rings is 2. The minimum atomic E-state index is -0.768. The smallest absolute Gasteiger partial charge is 0.189 e. The Morgan fingerprint density at radius 2 is 1.75 bits per heavy atom. The van der Waals surface area contributed by atoms with Crippen LogP contribution in [0.1, 0.15) is 16.5 Å². The fraction of sp³-hybridized carbons (Fsp3) is 0.167. The molecular formula is C18H20N4OS. The van der Waals surface area contributed by atoms with Gasteiger partial charge < -0.3 is 21.1 Å². The van der Waals surface area contributed by atoms with Crippen LogP contribution in [0.2, 0.25) is 0 Å². The predicted octanol–water partition coefficient (Wildman–Crippen LogP) is 3.62. The Labute approximate surface area is 145 Å². The second kappa shape index (κ2) is 6.90. The number of thiazole rings is 1. The van der Waals surface area contributed by atoms with Crippen LogP contribution in [0.5, 0.6) is 0 Å². The quantitative estimate of drug-likeness (QED) is 0.661. The molecule has 1 aromatic heterocycles. The summed E-state index contributed by atoms with van der Waals surface area (Å²) in [6, 6.07) is 17.5. The molecule has 5 nitrogen and oxygen atoms in total. The number of aliphatic hydroxyl groups is 1. The van der Waals surface area contributed by atoms with Crippen molar-refractivity contribution in [3.8, 4) is 0 Å². The second-order valence-corrected chi connectivity index (χ2v) is 6.68. The molecule has 6 heteroatoms.